The van der Waals surface area contributed by atoms with Gasteiger partial charge in [0.2, 0.25) is 0 Å². The Morgan fingerprint density at radius 3 is 2.80 bits per heavy atom. The molecular weight excluding hydrogens is 316 g/mol. The largest absolute Gasteiger partial charge is 0.383 e. The lowest BCUT2D eigenvalue weighted by molar-refractivity contribution is 0.252. The van der Waals surface area contributed by atoms with Gasteiger partial charge in [-0.25, -0.2) is 9.48 Å². The molecule has 1 aliphatic rings. The molecule has 2 heterocycles. The van der Waals surface area contributed by atoms with Crippen LogP contribution in [0.4, 0.5) is 16.3 Å². The van der Waals surface area contributed by atoms with Crippen molar-refractivity contribution in [1.29, 1.82) is 0 Å². The lowest BCUT2D eigenvalue weighted by Crippen LogP contribution is -2.33. The van der Waals surface area contributed by atoms with E-state index < -0.39 is 0 Å². The Morgan fingerprint density at radius 1 is 1.28 bits per heavy atom. The van der Waals surface area contributed by atoms with Gasteiger partial charge in [0, 0.05) is 36.7 Å². The average molecular weight is 342 g/mol. The van der Waals surface area contributed by atoms with Gasteiger partial charge in [-0.3, -0.25) is 10.3 Å². The maximum atomic E-state index is 12.2. The lowest BCUT2D eigenvalue weighted by atomic mass is 10.2. The first-order valence-electron chi connectivity index (χ1n) is 8.79. The molecule has 3 N–H and O–H groups in total. The molecule has 0 aromatic carbocycles. The van der Waals surface area contributed by atoms with Crippen LogP contribution < -0.4 is 16.0 Å². The fourth-order valence-corrected chi connectivity index (χ4v) is 2.89. The molecule has 0 unspecified atom stereocenters. The summed E-state index contributed by atoms with van der Waals surface area (Å²) < 4.78 is 1.94. The maximum Gasteiger partial charge on any atom is 0.320 e. The van der Waals surface area contributed by atoms with E-state index in [0.29, 0.717) is 25.0 Å². The number of nitrogens with one attached hydrogen (secondary N) is 3. The third kappa shape index (κ3) is 4.29. The van der Waals surface area contributed by atoms with Crippen LogP contribution in [0.3, 0.4) is 0 Å². The molecule has 0 aliphatic heterocycles. The molecule has 1 fully saturated rings. The van der Waals surface area contributed by atoms with Crippen LogP contribution in [0.15, 0.2) is 24.7 Å². The van der Waals surface area contributed by atoms with Crippen molar-refractivity contribution in [2.45, 2.75) is 39.7 Å². The Labute approximate surface area is 148 Å². The fourth-order valence-electron chi connectivity index (χ4n) is 2.89. The van der Waals surface area contributed by atoms with E-state index in [0.717, 1.165) is 22.6 Å². The third-order valence-corrected chi connectivity index (χ3v) is 4.65. The molecule has 25 heavy (non-hydrogen) atoms. The summed E-state index contributed by atoms with van der Waals surface area (Å²) in [5.74, 6) is 1.46. The van der Waals surface area contributed by atoms with Crippen molar-refractivity contribution in [2.24, 2.45) is 5.92 Å². The number of hydrogen-bond donors (Lipinski definition) is 3. The monoisotopic (exact) mass is 342 g/mol. The second-order valence-corrected chi connectivity index (χ2v) is 6.70. The molecule has 1 saturated carbocycles. The van der Waals surface area contributed by atoms with Gasteiger partial charge < -0.3 is 10.6 Å². The molecule has 0 saturated heterocycles. The topological polar surface area (TPSA) is 83.9 Å². The summed E-state index contributed by atoms with van der Waals surface area (Å²) in [7, 11) is 0. The SMILES string of the molecule is Cc1cnccc1NCCNC(=O)Nc1c(C)cnn1[C@@H](C)C1CC1. The highest BCUT2D eigenvalue weighted by atomic mass is 16.2. The molecule has 2 aromatic heterocycles. The van der Waals surface area contributed by atoms with Crippen molar-refractivity contribution in [2.75, 3.05) is 23.7 Å². The van der Waals surface area contributed by atoms with Crippen LogP contribution in [0.2, 0.25) is 0 Å². The first-order chi connectivity index (χ1) is 12.1. The Hall–Kier alpha value is -2.57. The Balaban J connectivity index is 1.48. The normalized spacial score (nSPS) is 14.8. The van der Waals surface area contributed by atoms with Crippen LogP contribution in [0.25, 0.3) is 0 Å². The number of amides is 2. The molecule has 0 radical (unpaired) electrons. The molecule has 7 nitrogen and oxygen atoms in total. The quantitative estimate of drug-likeness (QED) is 0.675. The predicted octanol–water partition coefficient (Wildman–Crippen LogP) is 3.10. The predicted molar refractivity (Wildman–Crippen MR) is 98.9 cm³/mol. The molecule has 1 atom stereocenters. The van der Waals surface area contributed by atoms with E-state index in [2.05, 4.69) is 33.0 Å². The van der Waals surface area contributed by atoms with Crippen LogP contribution in [-0.4, -0.2) is 33.9 Å². The van der Waals surface area contributed by atoms with E-state index >= 15 is 0 Å². The summed E-state index contributed by atoms with van der Waals surface area (Å²) in [5, 5.41) is 13.5. The summed E-state index contributed by atoms with van der Waals surface area (Å²) in [4.78, 5) is 16.3. The number of carbonyl (C=O) groups is 1. The van der Waals surface area contributed by atoms with Crippen molar-refractivity contribution < 1.29 is 4.79 Å². The molecule has 2 aromatic rings. The van der Waals surface area contributed by atoms with Crippen LogP contribution >= 0.6 is 0 Å². The van der Waals surface area contributed by atoms with Gasteiger partial charge in [0.1, 0.15) is 5.82 Å². The lowest BCUT2D eigenvalue weighted by Gasteiger charge is -2.16. The number of aryl methyl sites for hydroxylation is 2. The van der Waals surface area contributed by atoms with E-state index in [1.165, 1.54) is 12.8 Å². The number of pyridine rings is 1. The molecular formula is C18H26N6O. The molecule has 7 heteroatoms. The van der Waals surface area contributed by atoms with E-state index in [1.54, 1.807) is 6.20 Å². The summed E-state index contributed by atoms with van der Waals surface area (Å²) in [6, 6.07) is 2.04. The molecule has 2 amide bonds. The number of aromatic nitrogens is 3. The molecule has 3 rings (SSSR count). The fraction of sp³-hybridized carbons (Fsp3) is 0.500. The minimum Gasteiger partial charge on any atom is -0.383 e. The zero-order chi connectivity index (χ0) is 17.8. The summed E-state index contributed by atoms with van der Waals surface area (Å²) in [6.45, 7) is 7.30. The Bertz CT molecular complexity index is 737. The molecule has 134 valence electrons. The summed E-state index contributed by atoms with van der Waals surface area (Å²) in [5.41, 5.74) is 3.10. The van der Waals surface area contributed by atoms with Gasteiger partial charge in [-0.15, -0.1) is 0 Å². The Morgan fingerprint density at radius 2 is 2.08 bits per heavy atom. The molecule has 0 bridgehead atoms. The summed E-state index contributed by atoms with van der Waals surface area (Å²) in [6.07, 6.45) is 7.85. The van der Waals surface area contributed by atoms with E-state index in [9.17, 15) is 4.79 Å². The van der Waals surface area contributed by atoms with E-state index in [1.807, 2.05) is 37.0 Å². The number of anilines is 2. The van der Waals surface area contributed by atoms with Crippen LogP contribution in [0, 0.1) is 19.8 Å². The number of hydrogen-bond acceptors (Lipinski definition) is 4. The van der Waals surface area contributed by atoms with Gasteiger partial charge >= 0.3 is 6.03 Å². The minimum absolute atomic E-state index is 0.207. The van der Waals surface area contributed by atoms with Crippen LogP contribution in [0.5, 0.6) is 0 Å². The first kappa shape index (κ1) is 17.3. The summed E-state index contributed by atoms with van der Waals surface area (Å²) >= 11 is 0. The number of carbonyl (C=O) groups excluding carboxylic acids is 1. The van der Waals surface area contributed by atoms with E-state index in [4.69, 9.17) is 0 Å². The average Bonchev–Trinajstić information content (AvgIpc) is 3.38. The van der Waals surface area contributed by atoms with Crippen LogP contribution in [-0.2, 0) is 0 Å². The maximum absolute atomic E-state index is 12.2. The first-order valence-corrected chi connectivity index (χ1v) is 8.79. The molecule has 0 spiro atoms. The highest BCUT2D eigenvalue weighted by Gasteiger charge is 2.31. The van der Waals surface area contributed by atoms with Gasteiger partial charge in [0.15, 0.2) is 0 Å². The number of nitrogens with zero attached hydrogens (tertiary/aromatic N) is 3. The van der Waals surface area contributed by atoms with Gasteiger partial charge in [-0.2, -0.15) is 5.10 Å². The molecule has 1 aliphatic carbocycles. The van der Waals surface area contributed by atoms with Crippen molar-refractivity contribution in [3.05, 3.63) is 35.8 Å². The van der Waals surface area contributed by atoms with E-state index in [-0.39, 0.29) is 6.03 Å². The second-order valence-electron chi connectivity index (χ2n) is 6.70. The Kier molecular flexibility index (Phi) is 5.21. The van der Waals surface area contributed by atoms with Crippen molar-refractivity contribution in [1.82, 2.24) is 20.1 Å². The third-order valence-electron chi connectivity index (χ3n) is 4.65. The van der Waals surface area contributed by atoms with Crippen molar-refractivity contribution in [3.8, 4) is 0 Å². The van der Waals surface area contributed by atoms with Gasteiger partial charge in [-0.1, -0.05) is 0 Å². The van der Waals surface area contributed by atoms with Gasteiger partial charge in [0.05, 0.1) is 12.2 Å². The minimum atomic E-state index is -0.207. The second kappa shape index (κ2) is 7.55. The highest BCUT2D eigenvalue weighted by molar-refractivity contribution is 5.89. The standard InChI is InChI=1S/C18H26N6O/c1-12-10-19-7-6-16(12)20-8-9-21-18(25)23-17-13(2)11-22-24(17)14(3)15-4-5-15/h6-7,10-11,14-15H,4-5,8-9H2,1-3H3,(H,19,20)(H2,21,23,25)/t14-/m0/s1. The number of rotatable bonds is 7. The smallest absolute Gasteiger partial charge is 0.320 e. The van der Waals surface area contributed by atoms with Crippen molar-refractivity contribution >= 4 is 17.5 Å². The number of urea groups is 1. The van der Waals surface area contributed by atoms with Gasteiger partial charge in [-0.05, 0) is 51.2 Å². The zero-order valence-corrected chi connectivity index (χ0v) is 15.0. The van der Waals surface area contributed by atoms with Crippen LogP contribution in [0.1, 0.15) is 36.9 Å². The van der Waals surface area contributed by atoms with Crippen molar-refractivity contribution in [3.63, 3.8) is 0 Å². The highest BCUT2D eigenvalue weighted by Crippen LogP contribution is 2.40. The zero-order valence-electron chi connectivity index (χ0n) is 15.0. The van der Waals surface area contributed by atoms with Gasteiger partial charge in [0.25, 0.3) is 0 Å².